The molecule has 18 heavy (non-hydrogen) atoms. The Balaban J connectivity index is 1.94. The number of rotatable bonds is 4. The number of carbonyl (C=O) groups is 1. The summed E-state index contributed by atoms with van der Waals surface area (Å²) >= 11 is 0. The van der Waals surface area contributed by atoms with E-state index in [4.69, 9.17) is 4.42 Å². The molecule has 1 aromatic heterocycles. The summed E-state index contributed by atoms with van der Waals surface area (Å²) in [5.74, 6) is 0.197. The number of carboxylic acids is 1. The Morgan fingerprint density at radius 1 is 1.56 bits per heavy atom. The van der Waals surface area contributed by atoms with Gasteiger partial charge in [0.1, 0.15) is 5.76 Å². The molecular formula is C13H20N2O3. The van der Waals surface area contributed by atoms with Gasteiger partial charge in [0.05, 0.1) is 11.1 Å². The molecule has 0 unspecified atom stereocenters. The van der Waals surface area contributed by atoms with E-state index in [0.29, 0.717) is 6.42 Å². The predicted octanol–water partition coefficient (Wildman–Crippen LogP) is 2.06. The molecule has 1 fully saturated rings. The van der Waals surface area contributed by atoms with E-state index < -0.39 is 11.4 Å². The van der Waals surface area contributed by atoms with Crippen molar-refractivity contribution in [1.82, 2.24) is 9.88 Å². The fraction of sp³-hybridized carbons (Fsp3) is 0.692. The molecule has 100 valence electrons. The largest absolute Gasteiger partial charge is 0.481 e. The van der Waals surface area contributed by atoms with Crippen LogP contribution in [0, 0.1) is 12.3 Å². The van der Waals surface area contributed by atoms with Gasteiger partial charge in [0.25, 0.3) is 0 Å². The van der Waals surface area contributed by atoms with Crippen LogP contribution in [0.25, 0.3) is 0 Å². The standard InChI is InChI=1S/C13H20N2O3/c1-3-13(12(16)17)4-6-15(7-5-13)8-11-10(2)18-9-14-11/h9H,3-8H2,1-2H3,(H,16,17). The number of likely N-dealkylation sites (tertiary alicyclic amines) is 1. The average molecular weight is 252 g/mol. The fourth-order valence-corrected chi connectivity index (χ4v) is 2.55. The van der Waals surface area contributed by atoms with E-state index in [-0.39, 0.29) is 0 Å². The summed E-state index contributed by atoms with van der Waals surface area (Å²) in [7, 11) is 0. The van der Waals surface area contributed by atoms with Crippen LogP contribution in [0.15, 0.2) is 10.8 Å². The average Bonchev–Trinajstić information content (AvgIpc) is 2.76. The van der Waals surface area contributed by atoms with Crippen molar-refractivity contribution in [2.45, 2.75) is 39.7 Å². The van der Waals surface area contributed by atoms with E-state index >= 15 is 0 Å². The number of aliphatic carboxylic acids is 1. The Kier molecular flexibility index (Phi) is 3.71. The molecule has 2 heterocycles. The number of aryl methyl sites for hydroxylation is 1. The van der Waals surface area contributed by atoms with Crippen LogP contribution in [0.1, 0.15) is 37.6 Å². The molecule has 1 N–H and O–H groups in total. The normalized spacial score (nSPS) is 19.9. The number of hydrogen-bond acceptors (Lipinski definition) is 4. The third-order valence-corrected chi connectivity index (χ3v) is 4.16. The highest BCUT2D eigenvalue weighted by Crippen LogP contribution is 2.35. The SMILES string of the molecule is CCC1(C(=O)O)CCN(Cc2ncoc2C)CC1. The van der Waals surface area contributed by atoms with Gasteiger partial charge in [0.15, 0.2) is 6.39 Å². The van der Waals surface area contributed by atoms with Crippen LogP contribution in [0.5, 0.6) is 0 Å². The molecule has 5 nitrogen and oxygen atoms in total. The molecule has 0 aliphatic carbocycles. The van der Waals surface area contributed by atoms with E-state index in [1.807, 2.05) is 13.8 Å². The van der Waals surface area contributed by atoms with Crippen LogP contribution >= 0.6 is 0 Å². The van der Waals surface area contributed by atoms with Gasteiger partial charge < -0.3 is 9.52 Å². The molecule has 0 bridgehead atoms. The first-order valence-corrected chi connectivity index (χ1v) is 6.42. The van der Waals surface area contributed by atoms with Gasteiger partial charge in [-0.05, 0) is 39.3 Å². The van der Waals surface area contributed by atoms with Gasteiger partial charge in [0, 0.05) is 6.54 Å². The maximum atomic E-state index is 11.3. The maximum Gasteiger partial charge on any atom is 0.309 e. The van der Waals surface area contributed by atoms with E-state index in [2.05, 4.69) is 9.88 Å². The van der Waals surface area contributed by atoms with Crippen molar-refractivity contribution in [1.29, 1.82) is 0 Å². The van der Waals surface area contributed by atoms with E-state index in [9.17, 15) is 9.90 Å². The van der Waals surface area contributed by atoms with E-state index in [1.54, 1.807) is 0 Å². The first-order valence-electron chi connectivity index (χ1n) is 6.42. The van der Waals surface area contributed by atoms with Crippen LogP contribution in [0.3, 0.4) is 0 Å². The number of oxazole rings is 1. The summed E-state index contributed by atoms with van der Waals surface area (Å²) < 4.78 is 5.17. The molecule has 0 amide bonds. The lowest BCUT2D eigenvalue weighted by molar-refractivity contribution is -0.152. The van der Waals surface area contributed by atoms with Crippen molar-refractivity contribution in [3.63, 3.8) is 0 Å². The molecule has 0 atom stereocenters. The Labute approximate surface area is 107 Å². The van der Waals surface area contributed by atoms with Gasteiger partial charge in [-0.1, -0.05) is 6.92 Å². The zero-order valence-corrected chi connectivity index (χ0v) is 11.0. The lowest BCUT2D eigenvalue weighted by Gasteiger charge is -2.38. The van der Waals surface area contributed by atoms with Crippen LogP contribution in [0.2, 0.25) is 0 Å². The van der Waals surface area contributed by atoms with Gasteiger partial charge in [-0.15, -0.1) is 0 Å². The summed E-state index contributed by atoms with van der Waals surface area (Å²) in [6.45, 7) is 6.24. The number of piperidine rings is 1. The minimum absolute atomic E-state index is 0.518. The molecule has 1 aliphatic heterocycles. The van der Waals surface area contributed by atoms with Gasteiger partial charge in [-0.3, -0.25) is 9.69 Å². The summed E-state index contributed by atoms with van der Waals surface area (Å²) in [4.78, 5) is 17.8. The molecule has 1 saturated heterocycles. The van der Waals surface area contributed by atoms with Crippen molar-refractivity contribution in [2.75, 3.05) is 13.1 Å². The van der Waals surface area contributed by atoms with Crippen molar-refractivity contribution in [3.05, 3.63) is 17.8 Å². The molecule has 0 aromatic carbocycles. The van der Waals surface area contributed by atoms with Gasteiger partial charge in [-0.25, -0.2) is 4.98 Å². The van der Waals surface area contributed by atoms with Gasteiger partial charge in [0.2, 0.25) is 0 Å². The summed E-state index contributed by atoms with van der Waals surface area (Å²) in [5.41, 5.74) is 0.435. The highest BCUT2D eigenvalue weighted by Gasteiger charge is 2.39. The van der Waals surface area contributed by atoms with Crippen molar-refractivity contribution in [3.8, 4) is 0 Å². The molecule has 2 rings (SSSR count). The molecule has 5 heteroatoms. The lowest BCUT2D eigenvalue weighted by Crippen LogP contribution is -2.43. The topological polar surface area (TPSA) is 66.6 Å². The lowest BCUT2D eigenvalue weighted by atomic mass is 9.76. The van der Waals surface area contributed by atoms with Crippen LogP contribution in [-0.2, 0) is 11.3 Å². The Hall–Kier alpha value is -1.36. The van der Waals surface area contributed by atoms with Crippen LogP contribution in [-0.4, -0.2) is 34.0 Å². The monoisotopic (exact) mass is 252 g/mol. The molecule has 0 radical (unpaired) electrons. The van der Waals surface area contributed by atoms with Gasteiger partial charge >= 0.3 is 5.97 Å². The van der Waals surface area contributed by atoms with Crippen LogP contribution < -0.4 is 0 Å². The quantitative estimate of drug-likeness (QED) is 0.888. The highest BCUT2D eigenvalue weighted by molar-refractivity contribution is 5.74. The predicted molar refractivity (Wildman–Crippen MR) is 66.1 cm³/mol. The molecular weight excluding hydrogens is 232 g/mol. The second kappa shape index (κ2) is 5.10. The Morgan fingerprint density at radius 2 is 2.22 bits per heavy atom. The smallest absolute Gasteiger partial charge is 0.309 e. The number of aromatic nitrogens is 1. The van der Waals surface area contributed by atoms with E-state index in [1.165, 1.54) is 6.39 Å². The molecule has 0 spiro atoms. The van der Waals surface area contributed by atoms with Crippen molar-refractivity contribution >= 4 is 5.97 Å². The van der Waals surface area contributed by atoms with Crippen molar-refractivity contribution in [2.24, 2.45) is 5.41 Å². The first kappa shape index (κ1) is 13.1. The first-order chi connectivity index (χ1) is 8.57. The Morgan fingerprint density at radius 3 is 2.67 bits per heavy atom. The minimum atomic E-state index is -0.651. The zero-order valence-electron chi connectivity index (χ0n) is 11.0. The number of carboxylic acid groups (broad SMARTS) is 1. The maximum absolute atomic E-state index is 11.3. The van der Waals surface area contributed by atoms with E-state index in [0.717, 1.165) is 43.9 Å². The summed E-state index contributed by atoms with van der Waals surface area (Å²) in [6.07, 6.45) is 3.60. The summed E-state index contributed by atoms with van der Waals surface area (Å²) in [6, 6.07) is 0. The molecule has 1 aromatic rings. The third kappa shape index (κ3) is 2.41. The zero-order chi connectivity index (χ0) is 13.2. The molecule has 1 aliphatic rings. The second-order valence-corrected chi connectivity index (χ2v) is 5.07. The second-order valence-electron chi connectivity index (χ2n) is 5.07. The Bertz CT molecular complexity index is 420. The number of nitrogens with zero attached hydrogens (tertiary/aromatic N) is 2. The van der Waals surface area contributed by atoms with Crippen molar-refractivity contribution < 1.29 is 14.3 Å². The summed E-state index contributed by atoms with van der Waals surface area (Å²) in [5, 5.41) is 9.33. The van der Waals surface area contributed by atoms with Gasteiger partial charge in [-0.2, -0.15) is 0 Å². The van der Waals surface area contributed by atoms with Crippen LogP contribution in [0.4, 0.5) is 0 Å². The fourth-order valence-electron chi connectivity index (χ4n) is 2.55. The third-order valence-electron chi connectivity index (χ3n) is 4.16. The number of hydrogen-bond donors (Lipinski definition) is 1. The minimum Gasteiger partial charge on any atom is -0.481 e. The highest BCUT2D eigenvalue weighted by atomic mass is 16.4. The molecule has 0 saturated carbocycles.